The molecule has 1 amide bonds. The number of aromatic nitrogens is 2. The molecule has 1 unspecified atom stereocenters. The Kier molecular flexibility index (Phi) is 6.26. The molecule has 3 aromatic rings. The van der Waals surface area contributed by atoms with Gasteiger partial charge in [-0.1, -0.05) is 18.2 Å². The minimum Gasteiger partial charge on any atom is -0.496 e. The molecule has 0 radical (unpaired) electrons. The van der Waals surface area contributed by atoms with Crippen LogP contribution in [0.2, 0.25) is 0 Å². The van der Waals surface area contributed by atoms with Crippen LogP contribution >= 0.6 is 0 Å². The van der Waals surface area contributed by atoms with Gasteiger partial charge in [0.2, 0.25) is 5.91 Å². The third-order valence-electron chi connectivity index (χ3n) is 6.05. The summed E-state index contributed by atoms with van der Waals surface area (Å²) in [4.78, 5) is 27.8. The van der Waals surface area contributed by atoms with Crippen LogP contribution in [0.3, 0.4) is 0 Å². The van der Waals surface area contributed by atoms with Crippen LogP contribution in [0.15, 0.2) is 47.3 Å². The smallest absolute Gasteiger partial charge is 0.295 e. The van der Waals surface area contributed by atoms with Gasteiger partial charge in [-0.05, 0) is 31.2 Å². The van der Waals surface area contributed by atoms with Crippen molar-refractivity contribution >= 4 is 11.6 Å². The number of hydrogen-bond acceptors (Lipinski definition) is 6. The summed E-state index contributed by atoms with van der Waals surface area (Å²) in [7, 11) is 4.89. The standard InChI is InChI=1S/C24H28N4O5/c1-15-23(24(31)28(26(15)2)16-8-6-5-7-9-16)25-21(30)14-27-12-17-19(32-3)10-11-20(33-4)22(17)18(29)13-27/h5-11,18,29H,12-14H2,1-4H3,(H,25,30). The highest BCUT2D eigenvalue weighted by Crippen LogP contribution is 2.39. The lowest BCUT2D eigenvalue weighted by atomic mass is 9.95. The Morgan fingerprint density at radius 2 is 1.79 bits per heavy atom. The zero-order valence-electron chi connectivity index (χ0n) is 19.2. The summed E-state index contributed by atoms with van der Waals surface area (Å²) in [5.41, 5.74) is 2.76. The maximum atomic E-state index is 13.1. The summed E-state index contributed by atoms with van der Waals surface area (Å²) in [5.74, 6) is 0.877. The third-order valence-corrected chi connectivity index (χ3v) is 6.05. The Balaban J connectivity index is 1.55. The number of hydrogen-bond donors (Lipinski definition) is 2. The second-order valence-corrected chi connectivity index (χ2v) is 8.03. The minimum atomic E-state index is -0.833. The lowest BCUT2D eigenvalue weighted by Gasteiger charge is -2.33. The van der Waals surface area contributed by atoms with E-state index in [9.17, 15) is 14.7 Å². The molecule has 0 aliphatic carbocycles. The van der Waals surface area contributed by atoms with Crippen LogP contribution in [0.1, 0.15) is 22.9 Å². The number of benzene rings is 2. The van der Waals surface area contributed by atoms with Gasteiger partial charge >= 0.3 is 0 Å². The molecular formula is C24H28N4O5. The molecule has 1 aliphatic rings. The van der Waals surface area contributed by atoms with Crippen LogP contribution in [0.25, 0.3) is 5.69 Å². The summed E-state index contributed by atoms with van der Waals surface area (Å²) < 4.78 is 14.1. The number of carbonyl (C=O) groups is 1. The van der Waals surface area contributed by atoms with E-state index in [4.69, 9.17) is 9.47 Å². The highest BCUT2D eigenvalue weighted by Gasteiger charge is 2.31. The van der Waals surface area contributed by atoms with Gasteiger partial charge in [-0.25, -0.2) is 4.68 Å². The molecule has 1 aliphatic heterocycles. The second kappa shape index (κ2) is 9.13. The molecule has 0 bridgehead atoms. The van der Waals surface area contributed by atoms with Crippen LogP contribution in [-0.4, -0.2) is 52.6 Å². The molecule has 0 spiro atoms. The van der Waals surface area contributed by atoms with Gasteiger partial charge < -0.3 is 19.9 Å². The number of methoxy groups -OCH3 is 2. The number of amides is 1. The summed E-state index contributed by atoms with van der Waals surface area (Å²) in [6.45, 7) is 2.46. The SMILES string of the molecule is COc1ccc(OC)c2c1CN(CC(=O)Nc1c(C)n(C)n(-c3ccccc3)c1=O)CC2O. The van der Waals surface area contributed by atoms with E-state index >= 15 is 0 Å². The third kappa shape index (κ3) is 4.12. The monoisotopic (exact) mass is 452 g/mol. The molecule has 2 N–H and O–H groups in total. The maximum absolute atomic E-state index is 13.1. The molecule has 2 heterocycles. The Morgan fingerprint density at radius 1 is 1.12 bits per heavy atom. The van der Waals surface area contributed by atoms with E-state index in [2.05, 4.69) is 5.32 Å². The number of aliphatic hydroxyl groups excluding tert-OH is 1. The maximum Gasteiger partial charge on any atom is 0.295 e. The Hall–Kier alpha value is -3.56. The summed E-state index contributed by atoms with van der Waals surface area (Å²) in [5, 5.41) is 13.5. The highest BCUT2D eigenvalue weighted by molar-refractivity contribution is 5.92. The highest BCUT2D eigenvalue weighted by atomic mass is 16.5. The van der Waals surface area contributed by atoms with Crippen molar-refractivity contribution in [3.05, 3.63) is 69.6 Å². The number of nitrogens with zero attached hydrogens (tertiary/aromatic N) is 3. The quantitative estimate of drug-likeness (QED) is 0.594. The van der Waals surface area contributed by atoms with E-state index in [1.807, 2.05) is 35.2 Å². The Labute approximate surface area is 191 Å². The second-order valence-electron chi connectivity index (χ2n) is 8.03. The van der Waals surface area contributed by atoms with E-state index in [0.29, 0.717) is 35.0 Å². The van der Waals surface area contributed by atoms with Crippen LogP contribution in [0.5, 0.6) is 11.5 Å². The van der Waals surface area contributed by atoms with Crippen LogP contribution in [0.4, 0.5) is 5.69 Å². The van der Waals surface area contributed by atoms with E-state index in [1.54, 1.807) is 45.0 Å². The number of para-hydroxylation sites is 1. The molecule has 1 atom stereocenters. The van der Waals surface area contributed by atoms with Crippen molar-refractivity contribution in [2.24, 2.45) is 7.05 Å². The zero-order chi connectivity index (χ0) is 23.7. The van der Waals surface area contributed by atoms with Crippen LogP contribution in [-0.2, 0) is 18.4 Å². The van der Waals surface area contributed by atoms with E-state index in [0.717, 1.165) is 5.56 Å². The van der Waals surface area contributed by atoms with Gasteiger partial charge in [-0.2, -0.15) is 0 Å². The predicted octanol–water partition coefficient (Wildman–Crippen LogP) is 1.99. The molecule has 1 aromatic heterocycles. The summed E-state index contributed by atoms with van der Waals surface area (Å²) >= 11 is 0. The number of rotatable bonds is 6. The predicted molar refractivity (Wildman–Crippen MR) is 124 cm³/mol. The van der Waals surface area contributed by atoms with Crippen molar-refractivity contribution < 1.29 is 19.4 Å². The fourth-order valence-corrected chi connectivity index (χ4v) is 4.36. The van der Waals surface area contributed by atoms with Crippen molar-refractivity contribution in [3.63, 3.8) is 0 Å². The molecule has 174 valence electrons. The number of aliphatic hydroxyl groups is 1. The number of fused-ring (bicyclic) bond motifs is 1. The van der Waals surface area contributed by atoms with Crippen molar-refractivity contribution in [2.75, 3.05) is 32.6 Å². The van der Waals surface area contributed by atoms with Crippen molar-refractivity contribution in [1.29, 1.82) is 0 Å². The van der Waals surface area contributed by atoms with E-state index in [-0.39, 0.29) is 30.2 Å². The fourth-order valence-electron chi connectivity index (χ4n) is 4.36. The molecule has 9 nitrogen and oxygen atoms in total. The molecule has 9 heteroatoms. The molecule has 0 saturated carbocycles. The molecular weight excluding hydrogens is 424 g/mol. The van der Waals surface area contributed by atoms with Gasteiger partial charge in [-0.3, -0.25) is 19.2 Å². The Morgan fingerprint density at radius 3 is 2.45 bits per heavy atom. The van der Waals surface area contributed by atoms with Crippen molar-refractivity contribution in [3.8, 4) is 17.2 Å². The lowest BCUT2D eigenvalue weighted by molar-refractivity contribution is -0.117. The van der Waals surface area contributed by atoms with Gasteiger partial charge in [0.25, 0.3) is 5.56 Å². The molecule has 2 aromatic carbocycles. The largest absolute Gasteiger partial charge is 0.496 e. The number of anilines is 1. The van der Waals surface area contributed by atoms with Gasteiger partial charge in [0.05, 0.1) is 38.2 Å². The van der Waals surface area contributed by atoms with Gasteiger partial charge in [0.15, 0.2) is 0 Å². The zero-order valence-corrected chi connectivity index (χ0v) is 19.2. The lowest BCUT2D eigenvalue weighted by Crippen LogP contribution is -2.39. The first-order valence-corrected chi connectivity index (χ1v) is 10.6. The average molecular weight is 453 g/mol. The van der Waals surface area contributed by atoms with Crippen LogP contribution in [0, 0.1) is 6.92 Å². The summed E-state index contributed by atoms with van der Waals surface area (Å²) in [6, 6.07) is 12.8. The molecule has 33 heavy (non-hydrogen) atoms. The number of nitrogens with one attached hydrogen (secondary N) is 1. The van der Waals surface area contributed by atoms with Gasteiger partial charge in [0.1, 0.15) is 17.2 Å². The number of β-amino-alcohol motifs (C(OH)–C–C–N with tert-alkyl or cyclic N) is 1. The summed E-state index contributed by atoms with van der Waals surface area (Å²) in [6.07, 6.45) is -0.833. The molecule has 0 fully saturated rings. The average Bonchev–Trinajstić information content (AvgIpc) is 3.01. The molecule has 0 saturated heterocycles. The molecule has 4 rings (SSSR count). The van der Waals surface area contributed by atoms with E-state index in [1.165, 1.54) is 4.68 Å². The first-order valence-electron chi connectivity index (χ1n) is 10.6. The van der Waals surface area contributed by atoms with Crippen LogP contribution < -0.4 is 20.3 Å². The van der Waals surface area contributed by atoms with Gasteiger partial charge in [0, 0.05) is 31.3 Å². The fraction of sp³-hybridized carbons (Fsp3) is 0.333. The van der Waals surface area contributed by atoms with E-state index < -0.39 is 6.10 Å². The topological polar surface area (TPSA) is 98.0 Å². The number of carbonyl (C=O) groups excluding carboxylic acids is 1. The number of ether oxygens (including phenoxy) is 2. The normalized spacial score (nSPS) is 15.7. The first-order chi connectivity index (χ1) is 15.8. The Bertz CT molecular complexity index is 1230. The minimum absolute atomic E-state index is 0.00990. The van der Waals surface area contributed by atoms with Gasteiger partial charge in [-0.15, -0.1) is 0 Å². The van der Waals surface area contributed by atoms with Crippen molar-refractivity contribution in [1.82, 2.24) is 14.3 Å². The van der Waals surface area contributed by atoms with Crippen molar-refractivity contribution in [2.45, 2.75) is 19.6 Å². The first kappa shape index (κ1) is 22.6.